The van der Waals surface area contributed by atoms with Crippen LogP contribution in [-0.2, 0) is 27.8 Å². The second-order valence-corrected chi connectivity index (χ2v) is 10.6. The molecule has 8 heteroatoms. The molecule has 3 aromatic carbocycles. The molecule has 6 nitrogen and oxygen atoms in total. The Morgan fingerprint density at radius 3 is 2.59 bits per heavy atom. The SMILES string of the molecule is COc1ccc(Cl)cc1S(=O)(=O)N(CC(=O)N[C@H]1CCCc2ccccc21)Cc1ccccc1. The van der Waals surface area contributed by atoms with Gasteiger partial charge < -0.3 is 10.1 Å². The highest BCUT2D eigenvalue weighted by atomic mass is 35.5. The third-order valence-corrected chi connectivity index (χ3v) is 8.02. The standard InChI is InChI=1S/C26H27ClN2O4S/c1-33-24-15-14-21(27)16-25(24)34(31,32)29(17-19-8-3-2-4-9-19)18-26(30)28-23-13-7-11-20-10-5-6-12-22(20)23/h2-6,8-10,12,14-16,23H,7,11,13,17-18H2,1H3,(H,28,30)/t23-/m0/s1. The number of sulfonamides is 1. The first-order chi connectivity index (χ1) is 16.4. The molecule has 0 bridgehead atoms. The molecule has 4 rings (SSSR count). The van der Waals surface area contributed by atoms with Gasteiger partial charge in [-0.1, -0.05) is 66.2 Å². The first-order valence-corrected chi connectivity index (χ1v) is 12.9. The number of fused-ring (bicyclic) bond motifs is 1. The zero-order valence-corrected chi connectivity index (χ0v) is 20.5. The summed E-state index contributed by atoms with van der Waals surface area (Å²) in [4.78, 5) is 13.1. The maximum absolute atomic E-state index is 13.7. The van der Waals surface area contributed by atoms with Gasteiger partial charge in [0, 0.05) is 11.6 Å². The highest BCUT2D eigenvalue weighted by molar-refractivity contribution is 7.89. The van der Waals surface area contributed by atoms with Crippen LogP contribution < -0.4 is 10.1 Å². The van der Waals surface area contributed by atoms with Crippen molar-refractivity contribution in [2.45, 2.75) is 36.7 Å². The molecule has 34 heavy (non-hydrogen) atoms. The summed E-state index contributed by atoms with van der Waals surface area (Å²) in [7, 11) is -2.70. The van der Waals surface area contributed by atoms with E-state index in [2.05, 4.69) is 11.4 Å². The number of amides is 1. The summed E-state index contributed by atoms with van der Waals surface area (Å²) in [6, 6.07) is 21.5. The number of nitrogens with zero attached hydrogens (tertiary/aromatic N) is 1. The quantitative estimate of drug-likeness (QED) is 0.487. The van der Waals surface area contributed by atoms with Gasteiger partial charge in [-0.25, -0.2) is 8.42 Å². The van der Waals surface area contributed by atoms with E-state index in [4.69, 9.17) is 16.3 Å². The van der Waals surface area contributed by atoms with Gasteiger partial charge in [-0.15, -0.1) is 0 Å². The highest BCUT2D eigenvalue weighted by Crippen LogP contribution is 2.31. The summed E-state index contributed by atoms with van der Waals surface area (Å²) in [5, 5.41) is 3.32. The lowest BCUT2D eigenvalue weighted by molar-refractivity contribution is -0.122. The maximum Gasteiger partial charge on any atom is 0.247 e. The van der Waals surface area contributed by atoms with Crippen molar-refractivity contribution in [3.63, 3.8) is 0 Å². The number of carbonyl (C=O) groups is 1. The highest BCUT2D eigenvalue weighted by Gasteiger charge is 2.31. The molecule has 0 radical (unpaired) electrons. The number of ether oxygens (including phenoxy) is 1. The lowest BCUT2D eigenvalue weighted by atomic mass is 9.88. The molecular weight excluding hydrogens is 472 g/mol. The van der Waals surface area contributed by atoms with Crippen molar-refractivity contribution in [2.24, 2.45) is 0 Å². The molecule has 1 amide bonds. The number of benzene rings is 3. The third-order valence-electron chi connectivity index (χ3n) is 5.97. The van der Waals surface area contributed by atoms with Gasteiger partial charge in [0.25, 0.3) is 0 Å². The molecule has 0 saturated heterocycles. The Labute approximate surface area is 205 Å². The van der Waals surface area contributed by atoms with Crippen molar-refractivity contribution in [2.75, 3.05) is 13.7 Å². The van der Waals surface area contributed by atoms with Crippen molar-refractivity contribution in [1.29, 1.82) is 0 Å². The van der Waals surface area contributed by atoms with E-state index < -0.39 is 10.0 Å². The van der Waals surface area contributed by atoms with E-state index in [9.17, 15) is 13.2 Å². The summed E-state index contributed by atoms with van der Waals surface area (Å²) < 4.78 is 33.9. The summed E-state index contributed by atoms with van der Waals surface area (Å²) in [6.07, 6.45) is 2.76. The van der Waals surface area contributed by atoms with Crippen molar-refractivity contribution in [3.8, 4) is 5.75 Å². The molecule has 0 heterocycles. The molecule has 1 N–H and O–H groups in total. The molecule has 0 unspecified atom stereocenters. The van der Waals surface area contributed by atoms with Crippen LogP contribution in [0.3, 0.4) is 0 Å². The number of aryl methyl sites for hydroxylation is 1. The van der Waals surface area contributed by atoms with Crippen LogP contribution in [0.15, 0.2) is 77.7 Å². The van der Waals surface area contributed by atoms with Crippen LogP contribution in [0, 0.1) is 0 Å². The molecule has 0 saturated carbocycles. The van der Waals surface area contributed by atoms with E-state index in [1.165, 1.54) is 29.1 Å². The van der Waals surface area contributed by atoms with Crippen LogP contribution in [-0.4, -0.2) is 32.3 Å². The number of hydrogen-bond donors (Lipinski definition) is 1. The topological polar surface area (TPSA) is 75.7 Å². The molecule has 1 aliphatic rings. The van der Waals surface area contributed by atoms with Crippen molar-refractivity contribution in [1.82, 2.24) is 9.62 Å². The van der Waals surface area contributed by atoms with Crippen LogP contribution in [0.5, 0.6) is 5.75 Å². The van der Waals surface area contributed by atoms with Crippen LogP contribution in [0.1, 0.15) is 35.6 Å². The average molecular weight is 499 g/mol. The smallest absolute Gasteiger partial charge is 0.247 e. The van der Waals surface area contributed by atoms with Gasteiger partial charge in [0.05, 0.1) is 19.7 Å². The van der Waals surface area contributed by atoms with Crippen LogP contribution in [0.4, 0.5) is 0 Å². The molecule has 0 spiro atoms. The number of rotatable bonds is 8. The lowest BCUT2D eigenvalue weighted by Gasteiger charge is -2.28. The van der Waals surface area contributed by atoms with E-state index in [1.54, 1.807) is 6.07 Å². The first-order valence-electron chi connectivity index (χ1n) is 11.1. The number of hydrogen-bond acceptors (Lipinski definition) is 4. The van der Waals surface area contributed by atoms with E-state index in [-0.39, 0.29) is 40.7 Å². The van der Waals surface area contributed by atoms with Crippen molar-refractivity contribution < 1.29 is 17.9 Å². The minimum absolute atomic E-state index is 0.0352. The lowest BCUT2D eigenvalue weighted by Crippen LogP contribution is -2.42. The number of nitrogens with one attached hydrogen (secondary N) is 1. The normalized spacial score (nSPS) is 15.6. The average Bonchev–Trinajstić information content (AvgIpc) is 2.84. The Kier molecular flexibility index (Phi) is 7.56. The first kappa shape index (κ1) is 24.3. The molecule has 3 aromatic rings. The van der Waals surface area contributed by atoms with Gasteiger partial charge in [-0.05, 0) is 54.2 Å². The second-order valence-electron chi connectivity index (χ2n) is 8.27. The number of carbonyl (C=O) groups excluding carboxylic acids is 1. The van der Waals surface area contributed by atoms with Gasteiger partial charge in [-0.2, -0.15) is 4.31 Å². The van der Waals surface area contributed by atoms with Crippen LogP contribution in [0.25, 0.3) is 0 Å². The van der Waals surface area contributed by atoms with Crippen LogP contribution >= 0.6 is 11.6 Å². The monoisotopic (exact) mass is 498 g/mol. The summed E-state index contributed by atoms with van der Waals surface area (Å²) >= 11 is 6.11. The van der Waals surface area contributed by atoms with Gasteiger partial charge >= 0.3 is 0 Å². The number of methoxy groups -OCH3 is 1. The fourth-order valence-corrected chi connectivity index (χ4v) is 6.11. The Morgan fingerprint density at radius 1 is 1.09 bits per heavy atom. The predicted molar refractivity (Wildman–Crippen MR) is 132 cm³/mol. The van der Waals surface area contributed by atoms with E-state index in [0.717, 1.165) is 30.4 Å². The predicted octanol–water partition coefficient (Wildman–Crippen LogP) is 4.73. The summed E-state index contributed by atoms with van der Waals surface area (Å²) in [6.45, 7) is -0.293. The second kappa shape index (κ2) is 10.6. The maximum atomic E-state index is 13.7. The molecule has 0 aromatic heterocycles. The van der Waals surface area contributed by atoms with E-state index in [0.29, 0.717) is 0 Å². The number of halogens is 1. The van der Waals surface area contributed by atoms with Gasteiger partial charge in [-0.3, -0.25) is 4.79 Å². The zero-order valence-electron chi connectivity index (χ0n) is 18.9. The van der Waals surface area contributed by atoms with Crippen molar-refractivity contribution >= 4 is 27.5 Å². The van der Waals surface area contributed by atoms with Gasteiger partial charge in [0.15, 0.2) is 0 Å². The summed E-state index contributed by atoms with van der Waals surface area (Å²) in [5.74, 6) is -0.189. The van der Waals surface area contributed by atoms with Gasteiger partial charge in [0.1, 0.15) is 10.6 Å². The minimum atomic E-state index is -4.10. The minimum Gasteiger partial charge on any atom is -0.495 e. The molecule has 1 atom stereocenters. The largest absolute Gasteiger partial charge is 0.495 e. The zero-order chi connectivity index (χ0) is 24.1. The van der Waals surface area contributed by atoms with Crippen molar-refractivity contribution in [3.05, 3.63) is 94.5 Å². The molecule has 178 valence electrons. The Bertz CT molecular complexity index is 1260. The molecule has 0 fully saturated rings. The van der Waals surface area contributed by atoms with E-state index >= 15 is 0 Å². The Balaban J connectivity index is 1.62. The fourth-order valence-electron chi connectivity index (χ4n) is 4.31. The Morgan fingerprint density at radius 2 is 1.82 bits per heavy atom. The van der Waals surface area contributed by atoms with E-state index in [1.807, 2.05) is 48.5 Å². The molecule has 1 aliphatic carbocycles. The molecular formula is C26H27ClN2O4S. The summed E-state index contributed by atoms with van der Waals surface area (Å²) in [5.41, 5.74) is 3.08. The molecule has 0 aliphatic heterocycles. The fraction of sp³-hybridized carbons (Fsp3) is 0.269. The third kappa shape index (κ3) is 5.43. The Hall–Kier alpha value is -2.87. The van der Waals surface area contributed by atoms with Gasteiger partial charge in [0.2, 0.25) is 15.9 Å². The van der Waals surface area contributed by atoms with Crippen LogP contribution in [0.2, 0.25) is 5.02 Å².